The van der Waals surface area contributed by atoms with E-state index in [2.05, 4.69) is 36.2 Å². The normalized spacial score (nSPS) is 18.7. The number of amides is 1. The number of anilines is 1. The van der Waals surface area contributed by atoms with E-state index in [0.29, 0.717) is 11.5 Å². The minimum Gasteiger partial charge on any atom is -0.497 e. The number of aliphatic hydroxyl groups is 2. The van der Waals surface area contributed by atoms with Crippen LogP contribution in [0.15, 0.2) is 125 Å². The molecule has 1 aliphatic rings. The summed E-state index contributed by atoms with van der Waals surface area (Å²) in [4.78, 5) is 36.9. The van der Waals surface area contributed by atoms with Gasteiger partial charge in [0.2, 0.25) is 5.95 Å². The van der Waals surface area contributed by atoms with Gasteiger partial charge in [0.25, 0.3) is 11.5 Å². The second-order valence-electron chi connectivity index (χ2n) is 12.0. The summed E-state index contributed by atoms with van der Waals surface area (Å²) in [5.74, 6) is 0.428. The van der Waals surface area contributed by atoms with Crippen LogP contribution in [0.4, 0.5) is 5.95 Å². The smallest absolute Gasteiger partial charge is 0.280 e. The molecule has 1 aliphatic heterocycles. The molecule has 1 amide bonds. The summed E-state index contributed by atoms with van der Waals surface area (Å²) >= 11 is 3.36. The molecule has 0 aliphatic carbocycles. The van der Waals surface area contributed by atoms with Crippen LogP contribution in [0.3, 0.4) is 0 Å². The quantitative estimate of drug-likeness (QED) is 0.103. The number of hydrogen-bond acceptors (Lipinski definition) is 10. The van der Waals surface area contributed by atoms with Crippen molar-refractivity contribution in [1.82, 2.24) is 19.5 Å². The Balaban J connectivity index is 1.18. The van der Waals surface area contributed by atoms with E-state index in [1.54, 1.807) is 31.4 Å². The number of aromatic nitrogens is 4. The van der Waals surface area contributed by atoms with Gasteiger partial charge in [0.15, 0.2) is 28.7 Å². The van der Waals surface area contributed by atoms with E-state index in [1.165, 1.54) is 4.57 Å². The number of carbonyl (C=O) groups is 1. The standard InChI is InChI=1S/C38H34BrN5O8/c1-49-26-19-17-25(18-20-26)38(23-11-5-2-6-12-23,24-13-7-3-8-14-24)51-21-28-31(46)32(47)35(52-28)44-33-30(41-36(44)39)34(48)43-37(42-33)40-29(45)22-50-27-15-9-4-10-16-27/h2-20,28,31-32,35,46-47H,21-22H2,1H3,(H2,40,42,43,45,48). The number of H-pyrrole nitrogens is 1. The average molecular weight is 769 g/mol. The van der Waals surface area contributed by atoms with E-state index in [9.17, 15) is 19.8 Å². The first kappa shape index (κ1) is 35.0. The highest BCUT2D eigenvalue weighted by Crippen LogP contribution is 2.42. The third-order valence-corrected chi connectivity index (χ3v) is 9.35. The van der Waals surface area contributed by atoms with Gasteiger partial charge < -0.3 is 29.2 Å². The molecule has 52 heavy (non-hydrogen) atoms. The first-order valence-corrected chi connectivity index (χ1v) is 17.1. The van der Waals surface area contributed by atoms with Gasteiger partial charge in [0, 0.05) is 0 Å². The number of fused-ring (bicyclic) bond motifs is 1. The van der Waals surface area contributed by atoms with Crippen molar-refractivity contribution >= 4 is 38.9 Å². The van der Waals surface area contributed by atoms with Gasteiger partial charge in [-0.05, 0) is 56.9 Å². The second kappa shape index (κ2) is 15.1. The van der Waals surface area contributed by atoms with E-state index < -0.39 is 41.6 Å². The molecular weight excluding hydrogens is 734 g/mol. The summed E-state index contributed by atoms with van der Waals surface area (Å²) in [7, 11) is 1.60. The van der Waals surface area contributed by atoms with Crippen molar-refractivity contribution in [3.05, 3.63) is 147 Å². The van der Waals surface area contributed by atoms with Crippen LogP contribution in [0, 0.1) is 0 Å². The maximum Gasteiger partial charge on any atom is 0.280 e. The number of halogens is 1. The molecule has 2 aromatic heterocycles. The highest BCUT2D eigenvalue weighted by molar-refractivity contribution is 9.10. The Morgan fingerprint density at radius 1 is 0.865 bits per heavy atom. The topological polar surface area (TPSA) is 170 Å². The molecule has 7 rings (SSSR count). The van der Waals surface area contributed by atoms with E-state index in [4.69, 9.17) is 18.9 Å². The molecule has 0 bridgehead atoms. The maximum atomic E-state index is 13.1. The fourth-order valence-corrected chi connectivity index (χ4v) is 6.83. The summed E-state index contributed by atoms with van der Waals surface area (Å²) in [5, 5.41) is 25.3. The lowest BCUT2D eigenvalue weighted by Crippen LogP contribution is -2.39. The molecule has 266 valence electrons. The molecule has 0 saturated carbocycles. The van der Waals surface area contributed by atoms with E-state index in [1.807, 2.05) is 91.0 Å². The Bertz CT molecular complexity index is 2160. The van der Waals surface area contributed by atoms with Crippen molar-refractivity contribution in [3.63, 3.8) is 0 Å². The predicted molar refractivity (Wildman–Crippen MR) is 194 cm³/mol. The van der Waals surface area contributed by atoms with Crippen molar-refractivity contribution in [2.45, 2.75) is 30.1 Å². The molecule has 0 spiro atoms. The van der Waals surface area contributed by atoms with Crippen LogP contribution in [-0.4, -0.2) is 74.3 Å². The van der Waals surface area contributed by atoms with Crippen molar-refractivity contribution < 1.29 is 34.0 Å². The number of para-hydroxylation sites is 1. The lowest BCUT2D eigenvalue weighted by molar-refractivity contribution is -0.118. The average Bonchev–Trinajstić information content (AvgIpc) is 3.66. The van der Waals surface area contributed by atoms with Gasteiger partial charge in [-0.1, -0.05) is 91.0 Å². The zero-order valence-electron chi connectivity index (χ0n) is 27.8. The van der Waals surface area contributed by atoms with Crippen LogP contribution in [0.1, 0.15) is 22.9 Å². The van der Waals surface area contributed by atoms with Crippen LogP contribution < -0.4 is 20.3 Å². The molecule has 4 unspecified atom stereocenters. The third kappa shape index (κ3) is 6.81. The summed E-state index contributed by atoms with van der Waals surface area (Å²) in [6, 6.07) is 35.7. The number of aliphatic hydroxyl groups excluding tert-OH is 2. The summed E-state index contributed by atoms with van der Waals surface area (Å²) in [6.45, 7) is -0.497. The first-order chi connectivity index (χ1) is 25.3. The summed E-state index contributed by atoms with van der Waals surface area (Å²) in [6.07, 6.45) is -5.17. The number of nitrogens with one attached hydrogen (secondary N) is 2. The van der Waals surface area contributed by atoms with Crippen LogP contribution in [0.5, 0.6) is 11.5 Å². The SMILES string of the molecule is COc1ccc(C(OCC2OC(n3c(Br)nc4c(=O)[nH]c(NC(=O)COc5ccccc5)nc43)C(O)C2O)(c2ccccc2)c2ccccc2)cc1. The molecule has 1 saturated heterocycles. The molecule has 4 aromatic carbocycles. The zero-order valence-corrected chi connectivity index (χ0v) is 29.3. The largest absolute Gasteiger partial charge is 0.497 e. The fraction of sp³-hybridized carbons (Fsp3) is 0.211. The number of aromatic amines is 1. The van der Waals surface area contributed by atoms with Crippen molar-refractivity contribution in [2.75, 3.05) is 25.6 Å². The Hall–Kier alpha value is -5.38. The number of rotatable bonds is 12. The van der Waals surface area contributed by atoms with Crippen LogP contribution in [0.25, 0.3) is 11.2 Å². The number of benzene rings is 4. The molecule has 0 radical (unpaired) electrons. The van der Waals surface area contributed by atoms with E-state index in [-0.39, 0.29) is 35.1 Å². The second-order valence-corrected chi connectivity index (χ2v) is 12.7. The van der Waals surface area contributed by atoms with Gasteiger partial charge in [-0.2, -0.15) is 4.98 Å². The molecule has 4 N–H and O–H groups in total. The summed E-state index contributed by atoms with van der Waals surface area (Å²) in [5.41, 5.74) is 0.557. The Kier molecular flexibility index (Phi) is 10.2. The molecule has 1 fully saturated rings. The lowest BCUT2D eigenvalue weighted by Gasteiger charge is -2.37. The van der Waals surface area contributed by atoms with Crippen LogP contribution in [-0.2, 0) is 19.9 Å². The van der Waals surface area contributed by atoms with Gasteiger partial charge in [0.05, 0.1) is 13.7 Å². The maximum absolute atomic E-state index is 13.1. The van der Waals surface area contributed by atoms with E-state index >= 15 is 0 Å². The van der Waals surface area contributed by atoms with Gasteiger partial charge in [0.1, 0.15) is 35.4 Å². The lowest BCUT2D eigenvalue weighted by atomic mass is 9.80. The molecule has 6 aromatic rings. The van der Waals surface area contributed by atoms with Crippen molar-refractivity contribution in [1.29, 1.82) is 0 Å². The van der Waals surface area contributed by atoms with Gasteiger partial charge in [-0.3, -0.25) is 24.5 Å². The van der Waals surface area contributed by atoms with Crippen molar-refractivity contribution in [2.24, 2.45) is 0 Å². The first-order valence-electron chi connectivity index (χ1n) is 16.3. The minimum absolute atomic E-state index is 0.00567. The molecule has 4 atom stereocenters. The fourth-order valence-electron chi connectivity index (χ4n) is 6.28. The highest BCUT2D eigenvalue weighted by atomic mass is 79.9. The zero-order chi connectivity index (χ0) is 36.2. The Morgan fingerprint density at radius 3 is 2.08 bits per heavy atom. The van der Waals surface area contributed by atoms with Gasteiger partial charge in [-0.15, -0.1) is 0 Å². The number of ether oxygens (including phenoxy) is 4. The summed E-state index contributed by atoms with van der Waals surface area (Å²) < 4.78 is 25.5. The van der Waals surface area contributed by atoms with Crippen LogP contribution >= 0.6 is 15.9 Å². The minimum atomic E-state index is -1.48. The van der Waals surface area contributed by atoms with Gasteiger partial charge in [-0.25, -0.2) is 4.98 Å². The number of imidazole rings is 1. The number of hydrogen-bond donors (Lipinski definition) is 4. The predicted octanol–water partition coefficient (Wildman–Crippen LogP) is 4.54. The number of carbonyl (C=O) groups excluding carboxylic acids is 1. The van der Waals surface area contributed by atoms with Crippen molar-refractivity contribution in [3.8, 4) is 11.5 Å². The third-order valence-electron chi connectivity index (χ3n) is 8.79. The Labute approximate surface area is 305 Å². The van der Waals surface area contributed by atoms with Crippen LogP contribution in [0.2, 0.25) is 0 Å². The number of nitrogens with zero attached hydrogens (tertiary/aromatic N) is 3. The molecule has 13 nitrogen and oxygen atoms in total. The molecule has 3 heterocycles. The Morgan fingerprint density at radius 2 is 1.46 bits per heavy atom. The van der Waals surface area contributed by atoms with E-state index in [0.717, 1.165) is 16.7 Å². The molecule has 14 heteroatoms. The molecular formula is C38H34BrN5O8. The highest BCUT2D eigenvalue weighted by Gasteiger charge is 2.47. The number of methoxy groups -OCH3 is 1. The monoisotopic (exact) mass is 767 g/mol. The van der Waals surface area contributed by atoms with Gasteiger partial charge >= 0.3 is 0 Å².